The molecule has 3 rings (SSSR count). The third-order valence-corrected chi connectivity index (χ3v) is 5.53. The predicted octanol–water partition coefficient (Wildman–Crippen LogP) is 1.65. The van der Waals surface area contributed by atoms with Crippen LogP contribution in [0.3, 0.4) is 0 Å². The van der Waals surface area contributed by atoms with Crippen LogP contribution in [0.25, 0.3) is 0 Å². The zero-order valence-corrected chi connectivity index (χ0v) is 17.1. The number of esters is 1. The third-order valence-electron chi connectivity index (χ3n) is 4.36. The van der Waals surface area contributed by atoms with E-state index in [9.17, 15) is 22.8 Å². The molecule has 158 valence electrons. The number of ether oxygens (including phenoxy) is 1. The zero-order chi connectivity index (χ0) is 21.7. The monoisotopic (exact) mass is 431 g/mol. The number of Topliss-reactive ketones (excluding diaryl/α,β-unsaturated/α-hetero) is 1. The Kier molecular flexibility index (Phi) is 6.46. The number of ketones is 1. The van der Waals surface area contributed by atoms with E-state index in [1.54, 1.807) is 29.2 Å². The van der Waals surface area contributed by atoms with Crippen LogP contribution in [-0.4, -0.2) is 55.7 Å². The molecule has 2 aliphatic rings. The third kappa shape index (κ3) is 5.41. The number of carbonyl (C=O) groups excluding carboxylic acids is 3. The molecule has 2 heterocycles. The Morgan fingerprint density at radius 3 is 2.60 bits per heavy atom. The molecule has 0 saturated carbocycles. The average molecular weight is 431 g/mol. The maximum Gasteiger partial charge on any atom is 0.340 e. The van der Waals surface area contributed by atoms with E-state index < -0.39 is 22.6 Å². The molecule has 30 heavy (non-hydrogen) atoms. The van der Waals surface area contributed by atoms with Crippen LogP contribution in [0.2, 0.25) is 0 Å². The van der Waals surface area contributed by atoms with Crippen molar-refractivity contribution in [1.82, 2.24) is 4.90 Å². The van der Waals surface area contributed by atoms with Gasteiger partial charge in [0, 0.05) is 30.4 Å². The summed E-state index contributed by atoms with van der Waals surface area (Å²) in [4.78, 5) is 37.7. The molecule has 0 radical (unpaired) electrons. The van der Waals surface area contributed by atoms with E-state index >= 15 is 0 Å². The number of fused-ring (bicyclic) bond motifs is 1. The number of benzene rings is 1. The smallest absolute Gasteiger partial charge is 0.340 e. The van der Waals surface area contributed by atoms with Crippen LogP contribution in [0.4, 0.5) is 5.69 Å². The van der Waals surface area contributed by atoms with Crippen LogP contribution < -0.4 is 5.32 Å². The van der Waals surface area contributed by atoms with Crippen molar-refractivity contribution in [2.45, 2.75) is 19.8 Å². The Bertz CT molecular complexity index is 1050. The van der Waals surface area contributed by atoms with Crippen LogP contribution in [-0.2, 0) is 24.3 Å². The fraction of sp³-hybridized carbons (Fsp3) is 0.300. The summed E-state index contributed by atoms with van der Waals surface area (Å²) in [5, 5.41) is 2.73. The summed E-state index contributed by atoms with van der Waals surface area (Å²) in [7, 11) is -3.47. The molecular formula is C20H21N3O6S. The summed E-state index contributed by atoms with van der Waals surface area (Å²) in [5.41, 5.74) is 1.12. The maximum absolute atomic E-state index is 12.3. The van der Waals surface area contributed by atoms with Gasteiger partial charge in [-0.2, -0.15) is 0 Å². The van der Waals surface area contributed by atoms with Gasteiger partial charge in [-0.05, 0) is 42.8 Å². The van der Waals surface area contributed by atoms with Crippen LogP contribution >= 0.6 is 0 Å². The molecule has 2 aliphatic heterocycles. The van der Waals surface area contributed by atoms with Crippen molar-refractivity contribution in [3.63, 3.8) is 0 Å². The van der Waals surface area contributed by atoms with E-state index in [1.807, 2.05) is 6.92 Å². The Balaban J connectivity index is 1.55. The molecule has 0 aliphatic carbocycles. The highest BCUT2D eigenvalue weighted by atomic mass is 32.2. The lowest BCUT2D eigenvalue weighted by atomic mass is 10.1. The summed E-state index contributed by atoms with van der Waals surface area (Å²) < 4.78 is 31.7. The molecule has 10 heteroatoms. The van der Waals surface area contributed by atoms with Crippen molar-refractivity contribution < 1.29 is 27.5 Å². The van der Waals surface area contributed by atoms with Crippen LogP contribution in [0, 0.1) is 0 Å². The second kappa shape index (κ2) is 9.04. The number of amidine groups is 1. The lowest BCUT2D eigenvalue weighted by molar-refractivity contribution is -0.137. The number of anilines is 1. The highest BCUT2D eigenvalue weighted by Crippen LogP contribution is 2.17. The van der Waals surface area contributed by atoms with Gasteiger partial charge < -0.3 is 15.0 Å². The van der Waals surface area contributed by atoms with E-state index in [1.165, 1.54) is 18.4 Å². The van der Waals surface area contributed by atoms with Gasteiger partial charge in [-0.1, -0.05) is 6.92 Å². The van der Waals surface area contributed by atoms with Gasteiger partial charge in [-0.25, -0.2) is 13.2 Å². The van der Waals surface area contributed by atoms with Crippen molar-refractivity contribution in [3.05, 3.63) is 53.8 Å². The van der Waals surface area contributed by atoms with E-state index in [0.29, 0.717) is 17.7 Å². The van der Waals surface area contributed by atoms with E-state index in [-0.39, 0.29) is 35.4 Å². The van der Waals surface area contributed by atoms with Crippen molar-refractivity contribution in [3.8, 4) is 0 Å². The van der Waals surface area contributed by atoms with E-state index in [2.05, 4.69) is 9.71 Å². The minimum Gasteiger partial charge on any atom is -0.454 e. The molecule has 0 unspecified atom stereocenters. The van der Waals surface area contributed by atoms with Gasteiger partial charge in [0.2, 0.25) is 5.91 Å². The zero-order valence-electron chi connectivity index (χ0n) is 16.3. The molecule has 1 amide bonds. The van der Waals surface area contributed by atoms with E-state index in [4.69, 9.17) is 4.74 Å². The number of rotatable bonds is 7. The molecule has 0 fully saturated rings. The number of nitrogens with one attached hydrogen (secondary N) is 1. The molecule has 0 atom stereocenters. The van der Waals surface area contributed by atoms with Crippen molar-refractivity contribution in [2.24, 2.45) is 4.40 Å². The van der Waals surface area contributed by atoms with Crippen LogP contribution in [0.5, 0.6) is 0 Å². The first kappa shape index (κ1) is 21.4. The predicted molar refractivity (Wildman–Crippen MR) is 110 cm³/mol. The number of carbonyl (C=O) groups is 3. The molecular weight excluding hydrogens is 410 g/mol. The van der Waals surface area contributed by atoms with Gasteiger partial charge in [0.05, 0.1) is 11.3 Å². The maximum atomic E-state index is 12.3. The summed E-state index contributed by atoms with van der Waals surface area (Å²) in [6.07, 6.45) is 5.43. The molecule has 0 spiro atoms. The second-order valence-corrected chi connectivity index (χ2v) is 8.48. The SMILES string of the molecule is CCCC(=O)Nc1ccc(C(=O)COC(=O)C2=CN3CCS(=O)(=O)N=C3C=C2)cc1. The van der Waals surface area contributed by atoms with Crippen molar-refractivity contribution >= 4 is 39.2 Å². The standard InChI is InChI=1S/C20H21N3O6S/c1-2-3-19(25)21-16-7-4-14(5-8-16)17(24)13-29-20(26)15-6-9-18-22-30(27,28)11-10-23(18)12-15/h4-9,12H,2-3,10-11,13H2,1H3,(H,21,25). The summed E-state index contributed by atoms with van der Waals surface area (Å²) in [5.74, 6) is -1.09. The first-order valence-corrected chi connectivity index (χ1v) is 11.0. The first-order valence-electron chi connectivity index (χ1n) is 9.37. The minimum atomic E-state index is -3.47. The summed E-state index contributed by atoms with van der Waals surface area (Å²) in [6, 6.07) is 6.32. The number of hydrogen-bond donors (Lipinski definition) is 1. The Morgan fingerprint density at radius 2 is 1.90 bits per heavy atom. The average Bonchev–Trinajstić information content (AvgIpc) is 2.71. The molecule has 0 saturated heterocycles. The largest absolute Gasteiger partial charge is 0.454 e. The minimum absolute atomic E-state index is 0.0983. The Labute approximate surface area is 174 Å². The molecule has 0 aromatic heterocycles. The second-order valence-electron chi connectivity index (χ2n) is 6.72. The van der Waals surface area contributed by atoms with Crippen LogP contribution in [0.15, 0.2) is 52.6 Å². The lowest BCUT2D eigenvalue weighted by Crippen LogP contribution is -2.37. The van der Waals surface area contributed by atoms with Gasteiger partial charge >= 0.3 is 5.97 Å². The topological polar surface area (TPSA) is 122 Å². The normalized spacial score (nSPS) is 16.8. The highest BCUT2D eigenvalue weighted by Gasteiger charge is 2.25. The fourth-order valence-corrected chi connectivity index (χ4v) is 3.78. The van der Waals surface area contributed by atoms with E-state index in [0.717, 1.165) is 6.42 Å². The number of amides is 1. The number of hydrogen-bond acceptors (Lipinski definition) is 7. The molecule has 0 bridgehead atoms. The Morgan fingerprint density at radius 1 is 1.17 bits per heavy atom. The quantitative estimate of drug-likeness (QED) is 0.514. The first-order chi connectivity index (χ1) is 14.3. The highest BCUT2D eigenvalue weighted by molar-refractivity contribution is 7.90. The van der Waals surface area contributed by atoms with Gasteiger partial charge in [0.15, 0.2) is 12.4 Å². The molecule has 1 aromatic carbocycles. The fourth-order valence-electron chi connectivity index (χ4n) is 2.81. The summed E-state index contributed by atoms with van der Waals surface area (Å²) >= 11 is 0. The number of sulfonamides is 1. The van der Waals surface area contributed by atoms with Crippen molar-refractivity contribution in [2.75, 3.05) is 24.2 Å². The van der Waals surface area contributed by atoms with Gasteiger partial charge in [0.25, 0.3) is 10.0 Å². The van der Waals surface area contributed by atoms with Gasteiger partial charge in [0.1, 0.15) is 5.84 Å². The van der Waals surface area contributed by atoms with Crippen LogP contribution in [0.1, 0.15) is 30.1 Å². The van der Waals surface area contributed by atoms with Crippen molar-refractivity contribution in [1.29, 1.82) is 0 Å². The number of nitrogens with zero attached hydrogens (tertiary/aromatic N) is 2. The molecule has 1 N–H and O–H groups in total. The lowest BCUT2D eigenvalue weighted by Gasteiger charge is -2.26. The molecule has 9 nitrogen and oxygen atoms in total. The van der Waals surface area contributed by atoms with Gasteiger partial charge in [-0.15, -0.1) is 4.40 Å². The molecule has 1 aromatic rings. The summed E-state index contributed by atoms with van der Waals surface area (Å²) in [6.45, 7) is 1.65. The Hall–Kier alpha value is -3.27. The van der Waals surface area contributed by atoms with Gasteiger partial charge in [-0.3, -0.25) is 9.59 Å².